The summed E-state index contributed by atoms with van der Waals surface area (Å²) in [6, 6.07) is 10.1. The maximum absolute atomic E-state index is 5.79. The number of hydrogen-bond acceptors (Lipinski definition) is 1. The highest BCUT2D eigenvalue weighted by Gasteiger charge is 2.29. The average molecular weight is 339 g/mol. The lowest BCUT2D eigenvalue weighted by atomic mass is 9.75. The maximum atomic E-state index is 5.79. The second kappa shape index (κ2) is 8.07. The van der Waals surface area contributed by atoms with Crippen molar-refractivity contribution < 1.29 is 4.74 Å². The van der Waals surface area contributed by atoms with Crippen molar-refractivity contribution in [2.75, 3.05) is 6.61 Å². The fourth-order valence-electron chi connectivity index (χ4n) is 3.22. The molecule has 112 valence electrons. The molecule has 1 nitrogen and oxygen atoms in total. The molecule has 0 radical (unpaired) electrons. The zero-order valence-corrected chi connectivity index (χ0v) is 14.3. The highest BCUT2D eigenvalue weighted by Crippen LogP contribution is 2.39. The van der Waals surface area contributed by atoms with Gasteiger partial charge in [-0.1, -0.05) is 48.0 Å². The third-order valence-corrected chi connectivity index (χ3v) is 5.81. The van der Waals surface area contributed by atoms with Crippen LogP contribution in [-0.4, -0.2) is 11.4 Å². The van der Waals surface area contributed by atoms with Crippen LogP contribution in [0.3, 0.4) is 0 Å². The summed E-state index contributed by atoms with van der Waals surface area (Å²) in [4.78, 5) is 0.717. The Morgan fingerprint density at radius 1 is 1.20 bits per heavy atom. The molecule has 0 N–H and O–H groups in total. The van der Waals surface area contributed by atoms with Crippen molar-refractivity contribution in [1.29, 1.82) is 0 Å². The summed E-state index contributed by atoms with van der Waals surface area (Å²) in [7, 11) is 0. The van der Waals surface area contributed by atoms with Crippen LogP contribution in [-0.2, 0) is 0 Å². The number of halogens is 1. The molecule has 20 heavy (non-hydrogen) atoms. The van der Waals surface area contributed by atoms with E-state index in [1.165, 1.54) is 25.7 Å². The normalized spacial score (nSPS) is 26.7. The molecule has 1 aliphatic rings. The minimum Gasteiger partial charge on any atom is -0.494 e. The molecule has 0 amide bonds. The first-order valence-electron chi connectivity index (χ1n) is 7.98. The van der Waals surface area contributed by atoms with E-state index in [2.05, 4.69) is 29.8 Å². The van der Waals surface area contributed by atoms with Gasteiger partial charge in [-0.3, -0.25) is 0 Å². The molecular weight excluding hydrogens is 312 g/mol. The first-order valence-corrected chi connectivity index (χ1v) is 8.90. The van der Waals surface area contributed by atoms with E-state index in [0.29, 0.717) is 4.83 Å². The summed E-state index contributed by atoms with van der Waals surface area (Å²) in [5.74, 6) is 3.57. The number of hydrogen-bond donors (Lipinski definition) is 0. The van der Waals surface area contributed by atoms with Gasteiger partial charge in [0.25, 0.3) is 0 Å². The van der Waals surface area contributed by atoms with Gasteiger partial charge in [0.05, 0.1) is 6.61 Å². The summed E-state index contributed by atoms with van der Waals surface area (Å²) < 4.78 is 5.79. The van der Waals surface area contributed by atoms with Crippen molar-refractivity contribution in [3.8, 4) is 5.75 Å². The lowest BCUT2D eigenvalue weighted by Crippen LogP contribution is -2.28. The smallest absolute Gasteiger partial charge is 0.119 e. The fourth-order valence-corrected chi connectivity index (χ4v) is 3.96. The lowest BCUT2D eigenvalue weighted by Gasteiger charge is -2.35. The van der Waals surface area contributed by atoms with Crippen molar-refractivity contribution in [1.82, 2.24) is 0 Å². The van der Waals surface area contributed by atoms with E-state index in [-0.39, 0.29) is 0 Å². The summed E-state index contributed by atoms with van der Waals surface area (Å²) in [6.45, 7) is 5.58. The number of alkyl halides is 1. The van der Waals surface area contributed by atoms with Crippen molar-refractivity contribution in [2.24, 2.45) is 17.8 Å². The third kappa shape index (κ3) is 4.80. The van der Waals surface area contributed by atoms with Crippen LogP contribution < -0.4 is 4.74 Å². The Labute approximate surface area is 132 Å². The van der Waals surface area contributed by atoms with Crippen molar-refractivity contribution in [3.05, 3.63) is 30.3 Å². The number of rotatable bonds is 6. The molecule has 3 atom stereocenters. The van der Waals surface area contributed by atoms with Gasteiger partial charge < -0.3 is 4.74 Å². The lowest BCUT2D eigenvalue weighted by molar-refractivity contribution is 0.203. The van der Waals surface area contributed by atoms with Gasteiger partial charge in [-0.2, -0.15) is 0 Å². The van der Waals surface area contributed by atoms with Gasteiger partial charge in [0.2, 0.25) is 0 Å². The second-order valence-electron chi connectivity index (χ2n) is 6.40. The quantitative estimate of drug-likeness (QED) is 0.478. The second-order valence-corrected chi connectivity index (χ2v) is 7.57. The van der Waals surface area contributed by atoms with Gasteiger partial charge in [-0.05, 0) is 62.0 Å². The summed E-state index contributed by atoms with van der Waals surface area (Å²) in [5, 5.41) is 0. The molecule has 2 rings (SSSR count). The number of ether oxygens (including phenoxy) is 1. The van der Waals surface area contributed by atoms with Crippen LogP contribution in [0, 0.1) is 17.8 Å². The predicted molar refractivity (Wildman–Crippen MR) is 89.6 cm³/mol. The Bertz CT molecular complexity index is 376. The van der Waals surface area contributed by atoms with E-state index in [4.69, 9.17) is 4.74 Å². The Balaban J connectivity index is 1.70. The molecular formula is C18H27BrO. The van der Waals surface area contributed by atoms with Gasteiger partial charge in [0, 0.05) is 4.83 Å². The third-order valence-electron chi connectivity index (χ3n) is 4.60. The molecule has 0 aromatic heterocycles. The van der Waals surface area contributed by atoms with Crippen LogP contribution in [0.25, 0.3) is 0 Å². The van der Waals surface area contributed by atoms with Crippen LogP contribution >= 0.6 is 15.9 Å². The largest absolute Gasteiger partial charge is 0.494 e. The van der Waals surface area contributed by atoms with E-state index < -0.39 is 0 Å². The zero-order chi connectivity index (χ0) is 14.4. The molecule has 3 unspecified atom stereocenters. The maximum Gasteiger partial charge on any atom is 0.119 e. The Hall–Kier alpha value is -0.500. The van der Waals surface area contributed by atoms with Gasteiger partial charge >= 0.3 is 0 Å². The summed E-state index contributed by atoms with van der Waals surface area (Å²) in [6.07, 6.45) is 6.56. The molecule has 0 spiro atoms. The van der Waals surface area contributed by atoms with Crippen molar-refractivity contribution in [2.45, 2.75) is 50.8 Å². The summed E-state index contributed by atoms with van der Waals surface area (Å²) >= 11 is 3.89. The molecule has 2 heteroatoms. The fraction of sp³-hybridized carbons (Fsp3) is 0.667. The van der Waals surface area contributed by atoms with E-state index in [1.54, 1.807) is 0 Å². The molecule has 0 bridgehead atoms. The number of benzene rings is 1. The Morgan fingerprint density at radius 2 is 1.95 bits per heavy atom. The molecule has 1 saturated carbocycles. The molecule has 1 aromatic carbocycles. The van der Waals surface area contributed by atoms with Gasteiger partial charge in [-0.15, -0.1) is 0 Å². The van der Waals surface area contributed by atoms with E-state index in [0.717, 1.165) is 36.5 Å². The molecule has 1 aliphatic carbocycles. The number of para-hydroxylation sites is 1. The predicted octanol–water partition coefficient (Wildman–Crippen LogP) is 5.68. The zero-order valence-electron chi connectivity index (χ0n) is 12.7. The monoisotopic (exact) mass is 338 g/mol. The van der Waals surface area contributed by atoms with Crippen LogP contribution in [0.1, 0.15) is 46.0 Å². The molecule has 1 aromatic rings. The van der Waals surface area contributed by atoms with Crippen molar-refractivity contribution in [3.63, 3.8) is 0 Å². The van der Waals surface area contributed by atoms with Crippen LogP contribution in [0.5, 0.6) is 5.75 Å². The SMILES string of the molecule is CC(C)C1CCC(Br)C(CCCOc2ccccc2)C1. The van der Waals surface area contributed by atoms with Gasteiger partial charge in [0.1, 0.15) is 5.75 Å². The van der Waals surface area contributed by atoms with E-state index >= 15 is 0 Å². The molecule has 1 fully saturated rings. The van der Waals surface area contributed by atoms with Gasteiger partial charge in [-0.25, -0.2) is 0 Å². The molecule has 0 aliphatic heterocycles. The van der Waals surface area contributed by atoms with Crippen molar-refractivity contribution >= 4 is 15.9 Å². The van der Waals surface area contributed by atoms with E-state index in [9.17, 15) is 0 Å². The Kier molecular flexibility index (Phi) is 6.41. The highest BCUT2D eigenvalue weighted by molar-refractivity contribution is 9.09. The minimum absolute atomic E-state index is 0.717. The standard InChI is InChI=1S/C18H27BrO/c1-14(2)15-10-11-18(19)16(13-15)7-6-12-20-17-8-4-3-5-9-17/h3-5,8-9,14-16,18H,6-7,10-13H2,1-2H3. The minimum atomic E-state index is 0.717. The van der Waals surface area contributed by atoms with Gasteiger partial charge in [0.15, 0.2) is 0 Å². The van der Waals surface area contributed by atoms with Crippen LogP contribution in [0.15, 0.2) is 30.3 Å². The first kappa shape index (κ1) is 15.9. The topological polar surface area (TPSA) is 9.23 Å². The van der Waals surface area contributed by atoms with E-state index in [1.807, 2.05) is 30.3 Å². The van der Waals surface area contributed by atoms with Crippen LogP contribution in [0.2, 0.25) is 0 Å². The summed E-state index contributed by atoms with van der Waals surface area (Å²) in [5.41, 5.74) is 0. The molecule has 0 heterocycles. The molecule has 0 saturated heterocycles. The average Bonchev–Trinajstić information content (AvgIpc) is 2.46. The highest BCUT2D eigenvalue weighted by atomic mass is 79.9. The van der Waals surface area contributed by atoms with Crippen LogP contribution in [0.4, 0.5) is 0 Å². The first-order chi connectivity index (χ1) is 9.66. The Morgan fingerprint density at radius 3 is 2.65 bits per heavy atom.